The zero-order valence-corrected chi connectivity index (χ0v) is 14.2. The number of benzene rings is 1. The van der Waals surface area contributed by atoms with Gasteiger partial charge in [-0.3, -0.25) is 4.90 Å². The summed E-state index contributed by atoms with van der Waals surface area (Å²) in [4.78, 5) is 10.5. The summed E-state index contributed by atoms with van der Waals surface area (Å²) in [7, 11) is 0. The van der Waals surface area contributed by atoms with Gasteiger partial charge < -0.3 is 11.5 Å². The number of nitrogens with two attached hydrogens (primary N) is 2. The van der Waals surface area contributed by atoms with Gasteiger partial charge in [-0.1, -0.05) is 29.6 Å². The van der Waals surface area contributed by atoms with Crippen molar-refractivity contribution in [1.82, 2.24) is 10.3 Å². The second kappa shape index (κ2) is 5.49. The van der Waals surface area contributed by atoms with Crippen LogP contribution in [0, 0.1) is 0 Å². The molecule has 4 rings (SSSR count). The summed E-state index contributed by atoms with van der Waals surface area (Å²) in [5, 5.41) is 8.54. The molecule has 1 aliphatic heterocycles. The molecule has 1 aliphatic carbocycles. The molecular weight excluding hydrogens is 353 g/mol. The van der Waals surface area contributed by atoms with E-state index in [-0.39, 0.29) is 11.9 Å². The summed E-state index contributed by atoms with van der Waals surface area (Å²) in [5.74, 6) is 0.392. The SMILES string of the molecule is NC1=NC2(CCCCC2)N(c2c(Cl)cc(Cl)c3nonc23)C(N)=N1. The van der Waals surface area contributed by atoms with Gasteiger partial charge in [0.05, 0.1) is 15.7 Å². The molecule has 1 saturated carbocycles. The van der Waals surface area contributed by atoms with E-state index < -0.39 is 5.66 Å². The van der Waals surface area contributed by atoms with E-state index in [4.69, 9.17) is 39.3 Å². The molecule has 10 heteroatoms. The lowest BCUT2D eigenvalue weighted by Crippen LogP contribution is -2.58. The van der Waals surface area contributed by atoms with Crippen LogP contribution in [0.2, 0.25) is 10.0 Å². The topological polar surface area (TPSA) is 119 Å². The van der Waals surface area contributed by atoms with E-state index in [9.17, 15) is 0 Å². The largest absolute Gasteiger partial charge is 0.369 e. The highest BCUT2D eigenvalue weighted by Gasteiger charge is 2.44. The predicted molar refractivity (Wildman–Crippen MR) is 93.4 cm³/mol. The number of aliphatic imine (C=N–C) groups is 2. The zero-order valence-electron chi connectivity index (χ0n) is 12.7. The molecule has 2 heterocycles. The molecule has 0 atom stereocenters. The second-order valence-corrected chi connectivity index (χ2v) is 6.78. The van der Waals surface area contributed by atoms with Crippen LogP contribution in [-0.4, -0.2) is 27.9 Å². The van der Waals surface area contributed by atoms with Crippen LogP contribution in [0.5, 0.6) is 0 Å². The number of guanidine groups is 2. The molecule has 1 spiro atoms. The Labute approximate surface area is 147 Å². The number of hydrogen-bond donors (Lipinski definition) is 2. The van der Waals surface area contributed by atoms with E-state index in [0.717, 1.165) is 32.1 Å². The first kappa shape index (κ1) is 15.5. The van der Waals surface area contributed by atoms with Crippen LogP contribution in [0.4, 0.5) is 5.69 Å². The van der Waals surface area contributed by atoms with Gasteiger partial charge in [0.1, 0.15) is 5.66 Å². The fraction of sp³-hybridized carbons (Fsp3) is 0.429. The quantitative estimate of drug-likeness (QED) is 0.799. The maximum Gasteiger partial charge on any atom is 0.220 e. The highest BCUT2D eigenvalue weighted by Crippen LogP contribution is 2.45. The lowest BCUT2D eigenvalue weighted by molar-refractivity contribution is 0.304. The molecule has 0 amide bonds. The number of nitrogens with zero attached hydrogens (tertiary/aromatic N) is 5. The monoisotopic (exact) mass is 367 g/mol. The van der Waals surface area contributed by atoms with E-state index >= 15 is 0 Å². The number of rotatable bonds is 1. The first-order chi connectivity index (χ1) is 11.5. The molecule has 4 N–H and O–H groups in total. The first-order valence-corrected chi connectivity index (χ1v) is 8.37. The van der Waals surface area contributed by atoms with Crippen molar-refractivity contribution in [2.45, 2.75) is 37.8 Å². The molecule has 1 aromatic heterocycles. The Morgan fingerprint density at radius 3 is 2.50 bits per heavy atom. The van der Waals surface area contributed by atoms with Crippen LogP contribution in [0.25, 0.3) is 11.0 Å². The molecule has 1 fully saturated rings. The smallest absolute Gasteiger partial charge is 0.220 e. The van der Waals surface area contributed by atoms with Gasteiger partial charge in [-0.05, 0) is 42.1 Å². The van der Waals surface area contributed by atoms with Crippen LogP contribution in [-0.2, 0) is 0 Å². The molecule has 0 unspecified atom stereocenters. The molecule has 0 saturated heterocycles. The van der Waals surface area contributed by atoms with Gasteiger partial charge in [0.15, 0.2) is 11.0 Å². The molecule has 24 heavy (non-hydrogen) atoms. The Kier molecular flexibility index (Phi) is 3.54. The van der Waals surface area contributed by atoms with Crippen molar-refractivity contribution in [1.29, 1.82) is 0 Å². The lowest BCUT2D eigenvalue weighted by atomic mass is 9.87. The summed E-state index contributed by atoms with van der Waals surface area (Å²) in [5.41, 5.74) is 12.8. The summed E-state index contributed by atoms with van der Waals surface area (Å²) in [6.07, 6.45) is 4.72. The van der Waals surface area contributed by atoms with Crippen molar-refractivity contribution in [2.75, 3.05) is 4.90 Å². The highest BCUT2D eigenvalue weighted by atomic mass is 35.5. The van der Waals surface area contributed by atoms with Gasteiger partial charge in [0, 0.05) is 0 Å². The third-order valence-corrected chi connectivity index (χ3v) is 5.07. The van der Waals surface area contributed by atoms with Crippen molar-refractivity contribution in [3.8, 4) is 0 Å². The fourth-order valence-electron chi connectivity index (χ4n) is 3.52. The molecular formula is C14H15Cl2N7O. The molecule has 2 aliphatic rings. The van der Waals surface area contributed by atoms with E-state index in [0.29, 0.717) is 26.8 Å². The highest BCUT2D eigenvalue weighted by molar-refractivity contribution is 6.41. The Bertz CT molecular complexity index is 869. The van der Waals surface area contributed by atoms with Crippen molar-refractivity contribution < 1.29 is 4.63 Å². The summed E-state index contributed by atoms with van der Waals surface area (Å²) in [6.45, 7) is 0. The minimum absolute atomic E-state index is 0.172. The summed E-state index contributed by atoms with van der Waals surface area (Å²) in [6, 6.07) is 1.59. The second-order valence-electron chi connectivity index (χ2n) is 5.97. The van der Waals surface area contributed by atoms with Crippen molar-refractivity contribution in [3.63, 3.8) is 0 Å². The summed E-state index contributed by atoms with van der Waals surface area (Å²) < 4.78 is 4.85. The number of aromatic nitrogens is 2. The minimum Gasteiger partial charge on any atom is -0.369 e. The van der Waals surface area contributed by atoms with Crippen LogP contribution in [0.1, 0.15) is 32.1 Å². The van der Waals surface area contributed by atoms with Gasteiger partial charge in [0.2, 0.25) is 11.9 Å². The Hall–Kier alpha value is -2.06. The maximum absolute atomic E-state index is 6.48. The average molecular weight is 368 g/mol. The number of fused-ring (bicyclic) bond motifs is 1. The van der Waals surface area contributed by atoms with Gasteiger partial charge in [0.25, 0.3) is 0 Å². The molecule has 1 aromatic carbocycles. The zero-order chi connectivity index (χ0) is 16.9. The Morgan fingerprint density at radius 1 is 1.04 bits per heavy atom. The van der Waals surface area contributed by atoms with E-state index in [1.807, 2.05) is 0 Å². The first-order valence-electron chi connectivity index (χ1n) is 7.62. The third-order valence-electron chi connectivity index (χ3n) is 4.49. The van der Waals surface area contributed by atoms with Gasteiger partial charge in [-0.2, -0.15) is 4.99 Å². The van der Waals surface area contributed by atoms with E-state index in [2.05, 4.69) is 20.3 Å². The van der Waals surface area contributed by atoms with Gasteiger partial charge >= 0.3 is 0 Å². The molecule has 2 aromatic rings. The van der Waals surface area contributed by atoms with Crippen molar-refractivity contribution in [3.05, 3.63) is 16.1 Å². The minimum atomic E-state index is -0.627. The molecule has 0 bridgehead atoms. The Balaban J connectivity index is 1.97. The predicted octanol–water partition coefficient (Wildman–Crippen LogP) is 2.64. The number of halogens is 2. The van der Waals surface area contributed by atoms with Crippen LogP contribution in [0.3, 0.4) is 0 Å². The van der Waals surface area contributed by atoms with Gasteiger partial charge in [-0.25, -0.2) is 9.62 Å². The lowest BCUT2D eigenvalue weighted by Gasteiger charge is -2.45. The van der Waals surface area contributed by atoms with E-state index in [1.165, 1.54) is 0 Å². The van der Waals surface area contributed by atoms with Crippen LogP contribution in [0.15, 0.2) is 20.7 Å². The third kappa shape index (κ3) is 2.21. The maximum atomic E-state index is 6.48. The number of anilines is 1. The van der Waals surface area contributed by atoms with Crippen molar-refractivity contribution >= 4 is 51.8 Å². The van der Waals surface area contributed by atoms with E-state index in [1.54, 1.807) is 11.0 Å². The van der Waals surface area contributed by atoms with Crippen molar-refractivity contribution in [2.24, 2.45) is 21.5 Å². The standard InChI is InChI=1S/C14H15Cl2N7O/c15-7-6-8(16)11(10-9(7)21-24-22-10)23-13(18)19-12(17)20-14(23)4-2-1-3-5-14/h6H,1-5H2,(H4,17,18,19,20). The van der Waals surface area contributed by atoms with Crippen LogP contribution >= 0.6 is 23.2 Å². The average Bonchev–Trinajstić information content (AvgIpc) is 3.00. The summed E-state index contributed by atoms with van der Waals surface area (Å²) >= 11 is 12.7. The number of hydrogen-bond acceptors (Lipinski definition) is 8. The molecule has 0 radical (unpaired) electrons. The molecule has 8 nitrogen and oxygen atoms in total. The fourth-order valence-corrected chi connectivity index (χ4v) is 4.09. The van der Waals surface area contributed by atoms with Gasteiger partial charge in [-0.15, -0.1) is 0 Å². The van der Waals surface area contributed by atoms with Crippen LogP contribution < -0.4 is 16.4 Å². The normalized spacial score (nSPS) is 20.3. The molecule has 126 valence electrons. The Morgan fingerprint density at radius 2 is 1.75 bits per heavy atom.